The molecule has 1 saturated heterocycles. The Labute approximate surface area is 295 Å². The van der Waals surface area contributed by atoms with Crippen LogP contribution in [0.1, 0.15) is 92.3 Å². The zero-order valence-corrected chi connectivity index (χ0v) is 29.8. The molecule has 2 N–H and O–H groups in total. The van der Waals surface area contributed by atoms with Crippen molar-refractivity contribution in [2.75, 3.05) is 19.6 Å². The molecular weight excluding hydrogens is 641 g/mol. The summed E-state index contributed by atoms with van der Waals surface area (Å²) in [6.07, 6.45) is 4.36. The van der Waals surface area contributed by atoms with Crippen molar-refractivity contribution in [1.29, 1.82) is 0 Å². The molecule has 0 radical (unpaired) electrons. The zero-order valence-electron chi connectivity index (χ0n) is 28.8. The van der Waals surface area contributed by atoms with E-state index in [1.54, 1.807) is 19.3 Å². The third kappa shape index (κ3) is 8.44. The molecule has 0 spiro atoms. The molecule has 11 heteroatoms. The number of amides is 3. The fourth-order valence-electron chi connectivity index (χ4n) is 6.96. The van der Waals surface area contributed by atoms with Gasteiger partial charge in [0, 0.05) is 45.3 Å². The summed E-state index contributed by atoms with van der Waals surface area (Å²) in [5, 5.41) is 6.08. The quantitative estimate of drug-likeness (QED) is 0.255. The van der Waals surface area contributed by atoms with Crippen molar-refractivity contribution >= 4 is 37.2 Å². The summed E-state index contributed by atoms with van der Waals surface area (Å²) in [5.41, 5.74) is 0.719. The first-order chi connectivity index (χ1) is 22.9. The zero-order chi connectivity index (χ0) is 34.5. The number of pyridine rings is 1. The summed E-state index contributed by atoms with van der Waals surface area (Å²) in [5.74, 6) is -1.24. The lowest BCUT2D eigenvalue weighted by Gasteiger charge is -2.42. The standard InChI is InChI=1S/C38H46N4O6.H2S/c1-37(2,3)48-32(43)17-10-22-39-36(47)38(26-12-6-5-7-13-26)21-18-29(28-14-8-9-16-31(28)38)35(46)42-24-19-27(20-25-42)40-33(44)30-15-11-23-41(4)34(30)45;/h5-9,11-16,23,27,29H,10,17-22,24-25H2,1-4H3,(H,39,47)(H,40,44);1H2/t29-,38+;/m0./s1. The maximum Gasteiger partial charge on any atom is 0.306 e. The van der Waals surface area contributed by atoms with Crippen LogP contribution < -0.4 is 16.2 Å². The van der Waals surface area contributed by atoms with E-state index < -0.39 is 22.8 Å². The van der Waals surface area contributed by atoms with Gasteiger partial charge < -0.3 is 24.8 Å². The molecule has 49 heavy (non-hydrogen) atoms. The van der Waals surface area contributed by atoms with Gasteiger partial charge in [0.05, 0.1) is 11.3 Å². The number of hydrogen-bond donors (Lipinski definition) is 2. The number of rotatable bonds is 9. The van der Waals surface area contributed by atoms with Crippen molar-refractivity contribution in [3.05, 3.63) is 106 Å². The summed E-state index contributed by atoms with van der Waals surface area (Å²) in [6, 6.07) is 20.5. The van der Waals surface area contributed by atoms with E-state index in [4.69, 9.17) is 4.74 Å². The van der Waals surface area contributed by atoms with Gasteiger partial charge in [0.2, 0.25) is 11.8 Å². The monoisotopic (exact) mass is 688 g/mol. The largest absolute Gasteiger partial charge is 0.460 e. The summed E-state index contributed by atoms with van der Waals surface area (Å²) in [4.78, 5) is 67.6. The number of piperidine rings is 1. The number of aromatic nitrogens is 1. The number of ether oxygens (including phenoxy) is 1. The third-order valence-electron chi connectivity index (χ3n) is 9.33. The van der Waals surface area contributed by atoms with E-state index in [0.717, 1.165) is 16.7 Å². The van der Waals surface area contributed by atoms with Crippen molar-refractivity contribution in [3.63, 3.8) is 0 Å². The number of nitrogens with one attached hydrogen (secondary N) is 2. The first kappa shape index (κ1) is 37.4. The average Bonchev–Trinajstić information content (AvgIpc) is 3.07. The SMILES string of the molecule is Cn1cccc(C(=O)NC2CCN(C(=O)[C@H]3CC[C@@](C(=O)NCCCC(=O)OC(C)(C)C)(c4ccccc4)c4ccccc43)CC2)c1=O.S. The highest BCUT2D eigenvalue weighted by molar-refractivity contribution is 7.59. The lowest BCUT2D eigenvalue weighted by Crippen LogP contribution is -2.51. The maximum absolute atomic E-state index is 14.2. The molecule has 0 bridgehead atoms. The molecule has 262 valence electrons. The lowest BCUT2D eigenvalue weighted by atomic mass is 9.62. The van der Waals surface area contributed by atoms with Crippen LogP contribution in [-0.2, 0) is 31.6 Å². The topological polar surface area (TPSA) is 127 Å². The molecule has 1 aliphatic carbocycles. The Bertz CT molecular complexity index is 1710. The molecule has 10 nitrogen and oxygen atoms in total. The van der Waals surface area contributed by atoms with E-state index in [1.807, 2.05) is 80.3 Å². The third-order valence-corrected chi connectivity index (χ3v) is 9.33. The highest BCUT2D eigenvalue weighted by atomic mass is 32.1. The van der Waals surface area contributed by atoms with E-state index in [9.17, 15) is 24.0 Å². The van der Waals surface area contributed by atoms with E-state index >= 15 is 0 Å². The number of aryl methyl sites for hydroxylation is 1. The van der Waals surface area contributed by atoms with Gasteiger partial charge in [0.1, 0.15) is 11.2 Å². The molecule has 3 aromatic rings. The second-order valence-corrected chi connectivity index (χ2v) is 13.8. The number of nitrogens with zero attached hydrogens (tertiary/aromatic N) is 2. The van der Waals surface area contributed by atoms with Gasteiger partial charge in [0.15, 0.2) is 0 Å². The number of carbonyl (C=O) groups is 4. The van der Waals surface area contributed by atoms with Crippen LogP contribution in [-0.4, -0.2) is 64.4 Å². The highest BCUT2D eigenvalue weighted by Gasteiger charge is 2.48. The Morgan fingerprint density at radius 2 is 1.59 bits per heavy atom. The van der Waals surface area contributed by atoms with E-state index in [1.165, 1.54) is 10.6 Å². The van der Waals surface area contributed by atoms with E-state index in [-0.39, 0.29) is 54.9 Å². The Morgan fingerprint density at radius 3 is 2.29 bits per heavy atom. The van der Waals surface area contributed by atoms with Crippen molar-refractivity contribution in [2.45, 2.75) is 82.3 Å². The first-order valence-electron chi connectivity index (χ1n) is 16.8. The number of carbonyl (C=O) groups excluding carboxylic acids is 4. The summed E-state index contributed by atoms with van der Waals surface area (Å²) in [7, 11) is 1.61. The van der Waals surface area contributed by atoms with Gasteiger partial charge in [-0.2, -0.15) is 13.5 Å². The molecular formula is C38H48N4O6S. The molecule has 2 aliphatic rings. The Balaban J connectivity index is 0.00000541. The lowest BCUT2D eigenvalue weighted by molar-refractivity contribution is -0.155. The minimum atomic E-state index is -0.994. The smallest absolute Gasteiger partial charge is 0.306 e. The Kier molecular flexibility index (Phi) is 12.1. The minimum absolute atomic E-state index is 0. The van der Waals surface area contributed by atoms with Gasteiger partial charge >= 0.3 is 5.97 Å². The van der Waals surface area contributed by atoms with Crippen LogP contribution in [0.25, 0.3) is 0 Å². The van der Waals surface area contributed by atoms with Crippen molar-refractivity contribution in [2.24, 2.45) is 7.05 Å². The second kappa shape index (κ2) is 15.9. The van der Waals surface area contributed by atoms with Gasteiger partial charge in [-0.3, -0.25) is 24.0 Å². The fraction of sp³-hybridized carbons (Fsp3) is 0.447. The average molecular weight is 689 g/mol. The van der Waals surface area contributed by atoms with Crippen LogP contribution in [0.2, 0.25) is 0 Å². The van der Waals surface area contributed by atoms with E-state index in [0.29, 0.717) is 51.7 Å². The molecule has 1 fully saturated rings. The number of likely N-dealkylation sites (tertiary alicyclic amines) is 1. The molecule has 2 heterocycles. The number of fused-ring (bicyclic) bond motifs is 1. The van der Waals surface area contributed by atoms with Crippen LogP contribution in [0.15, 0.2) is 77.7 Å². The first-order valence-corrected chi connectivity index (χ1v) is 16.8. The van der Waals surface area contributed by atoms with Crippen LogP contribution >= 0.6 is 13.5 Å². The minimum Gasteiger partial charge on any atom is -0.460 e. The van der Waals surface area contributed by atoms with Crippen molar-refractivity contribution in [1.82, 2.24) is 20.1 Å². The van der Waals surface area contributed by atoms with Gasteiger partial charge in [-0.25, -0.2) is 0 Å². The van der Waals surface area contributed by atoms with E-state index in [2.05, 4.69) is 10.6 Å². The molecule has 2 aromatic carbocycles. The second-order valence-electron chi connectivity index (χ2n) is 13.8. The Hall–Kier alpha value is -4.38. The normalized spacial score (nSPS) is 19.2. The molecule has 1 aromatic heterocycles. The van der Waals surface area contributed by atoms with Crippen LogP contribution in [0.5, 0.6) is 0 Å². The van der Waals surface area contributed by atoms with Crippen molar-refractivity contribution in [3.8, 4) is 0 Å². The van der Waals surface area contributed by atoms with Crippen molar-refractivity contribution < 1.29 is 23.9 Å². The Morgan fingerprint density at radius 1 is 0.918 bits per heavy atom. The molecule has 1 aliphatic heterocycles. The van der Waals surface area contributed by atoms with Gasteiger partial charge in [0.25, 0.3) is 11.5 Å². The fourth-order valence-corrected chi connectivity index (χ4v) is 6.96. The summed E-state index contributed by atoms with van der Waals surface area (Å²) >= 11 is 0. The molecule has 0 saturated carbocycles. The van der Waals surface area contributed by atoms with Gasteiger partial charge in [-0.1, -0.05) is 54.6 Å². The highest BCUT2D eigenvalue weighted by Crippen LogP contribution is 2.48. The number of hydrogen-bond acceptors (Lipinski definition) is 6. The molecule has 0 unspecified atom stereocenters. The van der Waals surface area contributed by atoms with Gasteiger partial charge in [-0.05, 0) is 81.7 Å². The number of esters is 1. The van der Waals surface area contributed by atoms with Crippen LogP contribution in [0.4, 0.5) is 0 Å². The van der Waals surface area contributed by atoms with Crippen LogP contribution in [0, 0.1) is 0 Å². The van der Waals surface area contributed by atoms with Crippen LogP contribution in [0.3, 0.4) is 0 Å². The molecule has 3 amide bonds. The number of benzene rings is 2. The molecule has 2 atom stereocenters. The predicted octanol–water partition coefficient (Wildman–Crippen LogP) is 4.32. The molecule has 5 rings (SSSR count). The maximum atomic E-state index is 14.2. The predicted molar refractivity (Wildman–Crippen MR) is 193 cm³/mol. The van der Waals surface area contributed by atoms with Gasteiger partial charge in [-0.15, -0.1) is 0 Å². The summed E-state index contributed by atoms with van der Waals surface area (Å²) < 4.78 is 6.79. The summed E-state index contributed by atoms with van der Waals surface area (Å²) in [6.45, 7) is 6.77.